The van der Waals surface area contributed by atoms with Gasteiger partial charge in [-0.3, -0.25) is 9.48 Å². The molecule has 1 fully saturated rings. The van der Waals surface area contributed by atoms with Gasteiger partial charge in [-0.25, -0.2) is 0 Å². The average molecular weight is 313 g/mol. The lowest BCUT2D eigenvalue weighted by Crippen LogP contribution is -2.34. The predicted molar refractivity (Wildman–Crippen MR) is 88.9 cm³/mol. The molecule has 1 aromatic carbocycles. The number of aryl methyl sites for hydroxylation is 1. The van der Waals surface area contributed by atoms with Crippen LogP contribution >= 0.6 is 0 Å². The van der Waals surface area contributed by atoms with Gasteiger partial charge in [-0.2, -0.15) is 5.10 Å². The van der Waals surface area contributed by atoms with Crippen molar-refractivity contribution in [2.75, 3.05) is 0 Å². The summed E-state index contributed by atoms with van der Waals surface area (Å²) in [7, 11) is 1.94. The number of aliphatic carboxylic acids is 1. The molecule has 1 aromatic heterocycles. The molecule has 1 aliphatic rings. The molecule has 23 heavy (non-hydrogen) atoms. The van der Waals surface area contributed by atoms with E-state index in [0.717, 1.165) is 43.5 Å². The smallest absolute Gasteiger partial charge is 0.306 e. The van der Waals surface area contributed by atoms with E-state index in [1.165, 1.54) is 5.56 Å². The Balaban J connectivity index is 1.62. The number of benzene rings is 1. The molecule has 0 aliphatic heterocycles. The molecule has 5 nitrogen and oxygen atoms in total. The summed E-state index contributed by atoms with van der Waals surface area (Å²) >= 11 is 0. The standard InChI is InChI=1S/C18H23N3O2/c1-21-12-15(17(20-21)13-5-3-2-4-6-13)11-19-16-9-7-14(8-10-16)18(22)23/h2-6,12,14,16,19H,7-11H2,1H3,(H,22,23). The summed E-state index contributed by atoms with van der Waals surface area (Å²) < 4.78 is 1.85. The van der Waals surface area contributed by atoms with Gasteiger partial charge in [0.25, 0.3) is 0 Å². The van der Waals surface area contributed by atoms with E-state index in [4.69, 9.17) is 5.11 Å². The highest BCUT2D eigenvalue weighted by Crippen LogP contribution is 2.26. The van der Waals surface area contributed by atoms with Crippen molar-refractivity contribution in [3.05, 3.63) is 42.1 Å². The van der Waals surface area contributed by atoms with Gasteiger partial charge >= 0.3 is 5.97 Å². The molecule has 0 bridgehead atoms. The lowest BCUT2D eigenvalue weighted by Gasteiger charge is -2.26. The highest BCUT2D eigenvalue weighted by atomic mass is 16.4. The molecule has 0 spiro atoms. The predicted octanol–water partition coefficient (Wildman–Crippen LogP) is 2.82. The minimum Gasteiger partial charge on any atom is -0.481 e. The molecule has 1 heterocycles. The van der Waals surface area contributed by atoms with Crippen LogP contribution in [0.15, 0.2) is 36.5 Å². The molecule has 1 saturated carbocycles. The first kappa shape index (κ1) is 15.7. The molecular formula is C18H23N3O2. The molecule has 1 aliphatic carbocycles. The fraction of sp³-hybridized carbons (Fsp3) is 0.444. The molecule has 122 valence electrons. The molecule has 2 aromatic rings. The SMILES string of the molecule is Cn1cc(CNC2CCC(C(=O)O)CC2)c(-c2ccccc2)n1. The second-order valence-electron chi connectivity index (χ2n) is 6.31. The highest BCUT2D eigenvalue weighted by molar-refractivity contribution is 5.70. The third kappa shape index (κ3) is 3.79. The van der Waals surface area contributed by atoms with E-state index in [1.807, 2.05) is 29.9 Å². The van der Waals surface area contributed by atoms with Crippen molar-refractivity contribution < 1.29 is 9.90 Å². The molecular weight excluding hydrogens is 290 g/mol. The zero-order valence-corrected chi connectivity index (χ0v) is 13.4. The van der Waals surface area contributed by atoms with Gasteiger partial charge in [0.2, 0.25) is 0 Å². The fourth-order valence-corrected chi connectivity index (χ4v) is 3.30. The second-order valence-corrected chi connectivity index (χ2v) is 6.31. The number of nitrogens with one attached hydrogen (secondary N) is 1. The summed E-state index contributed by atoms with van der Waals surface area (Å²) in [5, 5.41) is 17.2. The number of aromatic nitrogens is 2. The first-order chi connectivity index (χ1) is 11.1. The Labute approximate surface area is 136 Å². The van der Waals surface area contributed by atoms with Crippen LogP contribution in [-0.4, -0.2) is 26.9 Å². The van der Waals surface area contributed by atoms with Crippen LogP contribution in [0.1, 0.15) is 31.2 Å². The van der Waals surface area contributed by atoms with Gasteiger partial charge in [0.15, 0.2) is 0 Å². The maximum Gasteiger partial charge on any atom is 0.306 e. The number of hydrogen-bond donors (Lipinski definition) is 2. The number of carbonyl (C=O) groups is 1. The summed E-state index contributed by atoms with van der Waals surface area (Å²) in [4.78, 5) is 11.0. The molecule has 0 unspecified atom stereocenters. The number of rotatable bonds is 5. The lowest BCUT2D eigenvalue weighted by atomic mass is 9.86. The third-order valence-corrected chi connectivity index (χ3v) is 4.61. The van der Waals surface area contributed by atoms with Crippen LogP contribution in [0.3, 0.4) is 0 Å². The Hall–Kier alpha value is -2.14. The Morgan fingerprint density at radius 3 is 2.61 bits per heavy atom. The van der Waals surface area contributed by atoms with E-state index in [9.17, 15) is 4.79 Å². The molecule has 3 rings (SSSR count). The van der Waals surface area contributed by atoms with Crippen molar-refractivity contribution in [1.29, 1.82) is 0 Å². The van der Waals surface area contributed by atoms with Crippen molar-refractivity contribution in [3.63, 3.8) is 0 Å². The van der Waals surface area contributed by atoms with E-state index < -0.39 is 5.97 Å². The number of carboxylic acids is 1. The van der Waals surface area contributed by atoms with Crippen LogP contribution in [0, 0.1) is 5.92 Å². The molecule has 0 saturated heterocycles. The zero-order chi connectivity index (χ0) is 16.2. The normalized spacial score (nSPS) is 21.3. The van der Waals surface area contributed by atoms with Crippen molar-refractivity contribution in [1.82, 2.24) is 15.1 Å². The Morgan fingerprint density at radius 1 is 1.26 bits per heavy atom. The van der Waals surface area contributed by atoms with Crippen LogP contribution in [0.4, 0.5) is 0 Å². The summed E-state index contributed by atoms with van der Waals surface area (Å²) in [6.45, 7) is 0.764. The quantitative estimate of drug-likeness (QED) is 0.891. The van der Waals surface area contributed by atoms with Gasteiger partial charge < -0.3 is 10.4 Å². The van der Waals surface area contributed by atoms with Crippen LogP contribution in [0.2, 0.25) is 0 Å². The summed E-state index contributed by atoms with van der Waals surface area (Å²) in [5.41, 5.74) is 3.32. The first-order valence-corrected chi connectivity index (χ1v) is 8.17. The minimum absolute atomic E-state index is 0.161. The maximum absolute atomic E-state index is 11.0. The molecule has 5 heteroatoms. The van der Waals surface area contributed by atoms with Crippen LogP contribution in [-0.2, 0) is 18.4 Å². The van der Waals surface area contributed by atoms with Gasteiger partial charge in [-0.05, 0) is 25.7 Å². The van der Waals surface area contributed by atoms with Crippen molar-refractivity contribution in [2.24, 2.45) is 13.0 Å². The van der Waals surface area contributed by atoms with Gasteiger partial charge in [0.05, 0.1) is 11.6 Å². The number of carboxylic acid groups (broad SMARTS) is 1. The van der Waals surface area contributed by atoms with Crippen LogP contribution < -0.4 is 5.32 Å². The molecule has 2 N–H and O–H groups in total. The van der Waals surface area contributed by atoms with Crippen LogP contribution in [0.25, 0.3) is 11.3 Å². The van der Waals surface area contributed by atoms with E-state index in [1.54, 1.807) is 0 Å². The second kappa shape index (κ2) is 6.96. The van der Waals surface area contributed by atoms with Gasteiger partial charge in [-0.15, -0.1) is 0 Å². The summed E-state index contributed by atoms with van der Waals surface area (Å²) in [5.74, 6) is -0.812. The van der Waals surface area contributed by atoms with Crippen molar-refractivity contribution >= 4 is 5.97 Å². The van der Waals surface area contributed by atoms with Crippen molar-refractivity contribution in [3.8, 4) is 11.3 Å². The number of hydrogen-bond acceptors (Lipinski definition) is 3. The zero-order valence-electron chi connectivity index (χ0n) is 13.4. The lowest BCUT2D eigenvalue weighted by molar-refractivity contribution is -0.142. The molecule has 0 radical (unpaired) electrons. The Morgan fingerprint density at radius 2 is 1.96 bits per heavy atom. The Kier molecular flexibility index (Phi) is 4.76. The van der Waals surface area contributed by atoms with E-state index in [-0.39, 0.29) is 5.92 Å². The Bertz CT molecular complexity index is 658. The topological polar surface area (TPSA) is 67.2 Å². The third-order valence-electron chi connectivity index (χ3n) is 4.61. The van der Waals surface area contributed by atoms with Gasteiger partial charge in [-0.1, -0.05) is 30.3 Å². The highest BCUT2D eigenvalue weighted by Gasteiger charge is 2.25. The average Bonchev–Trinajstić information content (AvgIpc) is 2.95. The van der Waals surface area contributed by atoms with Crippen LogP contribution in [0.5, 0.6) is 0 Å². The first-order valence-electron chi connectivity index (χ1n) is 8.17. The van der Waals surface area contributed by atoms with E-state index in [2.05, 4.69) is 28.7 Å². The monoisotopic (exact) mass is 313 g/mol. The van der Waals surface area contributed by atoms with Crippen molar-refractivity contribution in [2.45, 2.75) is 38.3 Å². The largest absolute Gasteiger partial charge is 0.481 e. The summed E-state index contributed by atoms with van der Waals surface area (Å²) in [6.07, 6.45) is 5.45. The molecule has 0 atom stereocenters. The maximum atomic E-state index is 11.0. The minimum atomic E-state index is -0.651. The molecule has 0 amide bonds. The van der Waals surface area contributed by atoms with Gasteiger partial charge in [0, 0.05) is 37.0 Å². The van der Waals surface area contributed by atoms with Gasteiger partial charge in [0.1, 0.15) is 0 Å². The number of nitrogens with zero attached hydrogens (tertiary/aromatic N) is 2. The fourth-order valence-electron chi connectivity index (χ4n) is 3.30. The summed E-state index contributed by atoms with van der Waals surface area (Å²) in [6, 6.07) is 10.6. The van der Waals surface area contributed by atoms with E-state index in [0.29, 0.717) is 6.04 Å². The van der Waals surface area contributed by atoms with E-state index >= 15 is 0 Å².